The van der Waals surface area contributed by atoms with Gasteiger partial charge in [-0.3, -0.25) is 14.4 Å². The van der Waals surface area contributed by atoms with Crippen LogP contribution < -0.4 is 5.32 Å². The van der Waals surface area contributed by atoms with Crippen LogP contribution in [0.25, 0.3) is 0 Å². The maximum atomic E-state index is 12.6. The van der Waals surface area contributed by atoms with E-state index in [0.717, 1.165) is 12.0 Å². The number of aryl methyl sites for hydroxylation is 1. The van der Waals surface area contributed by atoms with E-state index in [1.54, 1.807) is 0 Å². The predicted molar refractivity (Wildman–Crippen MR) is 108 cm³/mol. The van der Waals surface area contributed by atoms with E-state index in [9.17, 15) is 14.4 Å². The SMILES string of the molecule is CCc1ccccc1CN1C(=O)CC[C@H]1CC(=O)N[C@@H](CC(=O)O)CC(C)C. The first kappa shape index (κ1) is 21.9. The molecule has 1 fully saturated rings. The number of carboxylic acid groups (broad SMARTS) is 1. The van der Waals surface area contributed by atoms with E-state index in [1.807, 2.05) is 36.9 Å². The van der Waals surface area contributed by atoms with E-state index < -0.39 is 5.97 Å². The smallest absolute Gasteiger partial charge is 0.305 e. The lowest BCUT2D eigenvalue weighted by atomic mass is 10.0. The molecule has 2 amide bonds. The van der Waals surface area contributed by atoms with Crippen molar-refractivity contribution in [2.75, 3.05) is 0 Å². The second-order valence-electron chi connectivity index (χ2n) is 8.03. The predicted octanol–water partition coefficient (Wildman–Crippen LogP) is 3.14. The summed E-state index contributed by atoms with van der Waals surface area (Å²) < 4.78 is 0. The molecule has 154 valence electrons. The minimum absolute atomic E-state index is 0.0768. The minimum Gasteiger partial charge on any atom is -0.481 e. The lowest BCUT2D eigenvalue weighted by molar-refractivity contribution is -0.137. The number of nitrogens with one attached hydrogen (secondary N) is 1. The third kappa shape index (κ3) is 6.36. The largest absolute Gasteiger partial charge is 0.481 e. The maximum absolute atomic E-state index is 12.6. The molecule has 1 aliphatic heterocycles. The van der Waals surface area contributed by atoms with Crippen LogP contribution in [0.5, 0.6) is 0 Å². The second kappa shape index (κ2) is 10.2. The summed E-state index contributed by atoms with van der Waals surface area (Å²) in [6.07, 6.45) is 2.77. The quantitative estimate of drug-likeness (QED) is 0.645. The van der Waals surface area contributed by atoms with Crippen molar-refractivity contribution in [3.63, 3.8) is 0 Å². The first-order valence-corrected chi connectivity index (χ1v) is 10.2. The number of carbonyl (C=O) groups excluding carboxylic acids is 2. The number of amides is 2. The summed E-state index contributed by atoms with van der Waals surface area (Å²) in [5.74, 6) is -0.729. The van der Waals surface area contributed by atoms with Crippen LogP contribution >= 0.6 is 0 Å². The van der Waals surface area contributed by atoms with Crippen molar-refractivity contribution in [1.29, 1.82) is 0 Å². The fraction of sp³-hybridized carbons (Fsp3) is 0.591. The van der Waals surface area contributed by atoms with Crippen molar-refractivity contribution < 1.29 is 19.5 Å². The molecule has 6 heteroatoms. The molecule has 2 atom stereocenters. The fourth-order valence-electron chi connectivity index (χ4n) is 3.94. The van der Waals surface area contributed by atoms with Gasteiger partial charge in [0.05, 0.1) is 6.42 Å². The number of rotatable bonds is 10. The summed E-state index contributed by atoms with van der Waals surface area (Å²) in [6, 6.07) is 7.56. The molecule has 1 aliphatic rings. The normalized spacial score (nSPS) is 17.8. The zero-order chi connectivity index (χ0) is 20.7. The Morgan fingerprint density at radius 2 is 1.93 bits per heavy atom. The maximum Gasteiger partial charge on any atom is 0.305 e. The van der Waals surface area contributed by atoms with Gasteiger partial charge >= 0.3 is 5.97 Å². The van der Waals surface area contributed by atoms with Gasteiger partial charge in [0.15, 0.2) is 0 Å². The Kier molecular flexibility index (Phi) is 8.03. The summed E-state index contributed by atoms with van der Waals surface area (Å²) >= 11 is 0. The monoisotopic (exact) mass is 388 g/mol. The van der Waals surface area contributed by atoms with E-state index in [1.165, 1.54) is 5.56 Å². The third-order valence-electron chi connectivity index (χ3n) is 5.26. The Balaban J connectivity index is 2.01. The number of hydrogen-bond donors (Lipinski definition) is 2. The van der Waals surface area contributed by atoms with Gasteiger partial charge in [-0.2, -0.15) is 0 Å². The standard InChI is InChI=1S/C22H32N2O4/c1-4-16-7-5-6-8-17(16)14-24-19(9-10-21(24)26)13-20(25)23-18(11-15(2)3)12-22(27)28/h5-8,15,18-19H,4,9-14H2,1-3H3,(H,23,25)(H,27,28)/t18-,19+/m1/s1. The van der Waals surface area contributed by atoms with E-state index >= 15 is 0 Å². The van der Waals surface area contributed by atoms with Gasteiger partial charge in [0.1, 0.15) is 0 Å². The van der Waals surface area contributed by atoms with Crippen molar-refractivity contribution >= 4 is 17.8 Å². The highest BCUT2D eigenvalue weighted by Crippen LogP contribution is 2.25. The first-order valence-electron chi connectivity index (χ1n) is 10.2. The molecular weight excluding hydrogens is 356 g/mol. The third-order valence-corrected chi connectivity index (χ3v) is 5.26. The van der Waals surface area contributed by atoms with E-state index in [0.29, 0.717) is 31.7 Å². The average Bonchev–Trinajstić information content (AvgIpc) is 2.94. The van der Waals surface area contributed by atoms with Crippen molar-refractivity contribution in [2.24, 2.45) is 5.92 Å². The van der Waals surface area contributed by atoms with E-state index in [2.05, 4.69) is 18.3 Å². The molecule has 1 aromatic rings. The van der Waals surface area contributed by atoms with Crippen molar-refractivity contribution in [3.05, 3.63) is 35.4 Å². The summed E-state index contributed by atoms with van der Waals surface area (Å²) in [5, 5.41) is 12.0. The summed E-state index contributed by atoms with van der Waals surface area (Å²) in [7, 11) is 0. The van der Waals surface area contributed by atoms with Crippen LogP contribution in [0.3, 0.4) is 0 Å². The van der Waals surface area contributed by atoms with Crippen LogP contribution in [0.2, 0.25) is 0 Å². The van der Waals surface area contributed by atoms with Gasteiger partial charge in [-0.25, -0.2) is 0 Å². The van der Waals surface area contributed by atoms with Gasteiger partial charge in [-0.1, -0.05) is 45.0 Å². The summed E-state index contributed by atoms with van der Waals surface area (Å²) in [4.78, 5) is 37.8. The van der Waals surface area contributed by atoms with Crippen LogP contribution in [-0.4, -0.2) is 39.9 Å². The lowest BCUT2D eigenvalue weighted by Crippen LogP contribution is -2.41. The van der Waals surface area contributed by atoms with Gasteiger partial charge in [-0.05, 0) is 36.3 Å². The fourth-order valence-corrected chi connectivity index (χ4v) is 3.94. The summed E-state index contributed by atoms with van der Waals surface area (Å²) in [6.45, 7) is 6.62. The summed E-state index contributed by atoms with van der Waals surface area (Å²) in [5.41, 5.74) is 2.33. The number of benzene rings is 1. The highest BCUT2D eigenvalue weighted by molar-refractivity contribution is 5.82. The molecule has 0 bridgehead atoms. The molecule has 0 aliphatic carbocycles. The topological polar surface area (TPSA) is 86.7 Å². The molecule has 28 heavy (non-hydrogen) atoms. The van der Waals surface area contributed by atoms with Crippen molar-refractivity contribution in [2.45, 2.75) is 77.9 Å². The van der Waals surface area contributed by atoms with Crippen LogP contribution in [0, 0.1) is 5.92 Å². The number of carboxylic acids is 1. The number of likely N-dealkylation sites (tertiary alicyclic amines) is 1. The molecule has 0 unspecified atom stereocenters. The lowest BCUT2D eigenvalue weighted by Gasteiger charge is -2.27. The van der Waals surface area contributed by atoms with Gasteiger partial charge in [0.2, 0.25) is 11.8 Å². The Labute approximate surface area is 167 Å². The van der Waals surface area contributed by atoms with Gasteiger partial charge in [0.25, 0.3) is 0 Å². The number of hydrogen-bond acceptors (Lipinski definition) is 3. The Hall–Kier alpha value is -2.37. The van der Waals surface area contributed by atoms with Gasteiger partial charge in [-0.15, -0.1) is 0 Å². The van der Waals surface area contributed by atoms with Crippen LogP contribution in [0.1, 0.15) is 64.0 Å². The van der Waals surface area contributed by atoms with Crippen LogP contribution in [-0.2, 0) is 27.3 Å². The van der Waals surface area contributed by atoms with Crippen LogP contribution in [0.15, 0.2) is 24.3 Å². The molecule has 1 saturated heterocycles. The molecule has 2 N–H and O–H groups in total. The molecule has 0 aromatic heterocycles. The zero-order valence-corrected chi connectivity index (χ0v) is 17.1. The molecule has 2 rings (SSSR count). The van der Waals surface area contributed by atoms with Gasteiger partial charge < -0.3 is 15.3 Å². The number of aliphatic carboxylic acids is 1. The molecule has 0 saturated carbocycles. The Morgan fingerprint density at radius 3 is 2.54 bits per heavy atom. The molecule has 6 nitrogen and oxygen atoms in total. The Bertz CT molecular complexity index is 702. The highest BCUT2D eigenvalue weighted by Gasteiger charge is 2.33. The first-order chi connectivity index (χ1) is 13.3. The number of carbonyl (C=O) groups is 3. The van der Waals surface area contributed by atoms with Crippen molar-refractivity contribution in [3.8, 4) is 0 Å². The molecule has 0 spiro atoms. The average molecular weight is 389 g/mol. The van der Waals surface area contributed by atoms with Crippen molar-refractivity contribution in [1.82, 2.24) is 10.2 Å². The van der Waals surface area contributed by atoms with Gasteiger partial charge in [0, 0.05) is 31.5 Å². The molecule has 1 heterocycles. The zero-order valence-electron chi connectivity index (χ0n) is 17.1. The minimum atomic E-state index is -0.917. The van der Waals surface area contributed by atoms with E-state index in [4.69, 9.17) is 5.11 Å². The highest BCUT2D eigenvalue weighted by atomic mass is 16.4. The molecule has 1 aromatic carbocycles. The molecular formula is C22H32N2O4. The van der Waals surface area contributed by atoms with Crippen LogP contribution in [0.4, 0.5) is 0 Å². The number of nitrogens with zero attached hydrogens (tertiary/aromatic N) is 1. The Morgan fingerprint density at radius 1 is 1.25 bits per heavy atom. The van der Waals surface area contributed by atoms with E-state index in [-0.39, 0.29) is 36.7 Å². The molecule has 0 radical (unpaired) electrons. The second-order valence-corrected chi connectivity index (χ2v) is 8.03.